The minimum Gasteiger partial charge on any atom is -0.478 e. The van der Waals surface area contributed by atoms with Gasteiger partial charge in [0.15, 0.2) is 0 Å². The third-order valence-electron chi connectivity index (χ3n) is 3.98. The van der Waals surface area contributed by atoms with Gasteiger partial charge in [0.25, 0.3) is 0 Å². The number of thioether (sulfide) groups is 1. The molecule has 1 fully saturated rings. The Balaban J connectivity index is 1.91. The van der Waals surface area contributed by atoms with Crippen molar-refractivity contribution in [3.63, 3.8) is 0 Å². The summed E-state index contributed by atoms with van der Waals surface area (Å²) in [4.78, 5) is 22.8. The first kappa shape index (κ1) is 15.7. The van der Waals surface area contributed by atoms with Gasteiger partial charge in [0, 0.05) is 17.0 Å². The summed E-state index contributed by atoms with van der Waals surface area (Å²) in [6.07, 6.45) is 5.58. The molecule has 0 spiro atoms. The number of carboxylic acids is 1. The molecule has 0 bridgehead atoms. The smallest absolute Gasteiger partial charge is 0.335 e. The molecule has 0 heterocycles. The van der Waals surface area contributed by atoms with Crippen molar-refractivity contribution >= 4 is 29.4 Å². The average molecular weight is 308 g/mol. The second-order valence-electron chi connectivity index (χ2n) is 5.38. The van der Waals surface area contributed by atoms with E-state index in [0.717, 1.165) is 12.8 Å². The van der Waals surface area contributed by atoms with Crippen LogP contribution in [0.25, 0.3) is 0 Å². The fourth-order valence-electron chi connectivity index (χ4n) is 2.42. The molecule has 0 radical (unpaired) electrons. The lowest BCUT2D eigenvalue weighted by molar-refractivity contribution is 0.0696. The van der Waals surface area contributed by atoms with Crippen LogP contribution in [0.1, 0.15) is 35.2 Å². The highest BCUT2D eigenvalue weighted by atomic mass is 32.2. The molecule has 0 unspecified atom stereocenters. The van der Waals surface area contributed by atoms with E-state index in [4.69, 9.17) is 5.11 Å². The van der Waals surface area contributed by atoms with Crippen LogP contribution in [0.15, 0.2) is 18.2 Å². The molecule has 0 atom stereocenters. The van der Waals surface area contributed by atoms with Gasteiger partial charge in [-0.25, -0.2) is 9.59 Å². The van der Waals surface area contributed by atoms with E-state index in [0.29, 0.717) is 17.8 Å². The highest BCUT2D eigenvalue weighted by Crippen LogP contribution is 2.42. The SMILES string of the molecule is CSC1(CNC(=O)Nc2ccc(C(=O)O)c(C)c2)CCC1. The predicted octanol–water partition coefficient (Wildman–Crippen LogP) is 3.10. The van der Waals surface area contributed by atoms with Gasteiger partial charge in [-0.3, -0.25) is 0 Å². The van der Waals surface area contributed by atoms with E-state index in [1.54, 1.807) is 19.1 Å². The van der Waals surface area contributed by atoms with Gasteiger partial charge < -0.3 is 15.7 Å². The van der Waals surface area contributed by atoms with Crippen LogP contribution in [0.4, 0.5) is 10.5 Å². The Labute approximate surface area is 128 Å². The molecule has 2 amide bonds. The highest BCUT2D eigenvalue weighted by molar-refractivity contribution is 8.00. The molecule has 1 aliphatic carbocycles. The fraction of sp³-hybridized carbons (Fsp3) is 0.467. The van der Waals surface area contributed by atoms with E-state index >= 15 is 0 Å². The maximum Gasteiger partial charge on any atom is 0.335 e. The summed E-state index contributed by atoms with van der Waals surface area (Å²) in [5.41, 5.74) is 1.47. The molecule has 3 N–H and O–H groups in total. The lowest BCUT2D eigenvalue weighted by Gasteiger charge is -2.40. The van der Waals surface area contributed by atoms with Crippen LogP contribution in [-0.2, 0) is 0 Å². The molecular formula is C15H20N2O3S. The highest BCUT2D eigenvalue weighted by Gasteiger charge is 2.36. The van der Waals surface area contributed by atoms with Gasteiger partial charge in [-0.15, -0.1) is 0 Å². The molecule has 0 saturated heterocycles. The first-order valence-electron chi connectivity index (χ1n) is 6.90. The van der Waals surface area contributed by atoms with Crippen molar-refractivity contribution in [2.24, 2.45) is 0 Å². The van der Waals surface area contributed by atoms with Gasteiger partial charge in [-0.2, -0.15) is 11.8 Å². The molecule has 1 aliphatic rings. The van der Waals surface area contributed by atoms with Gasteiger partial charge in [0.1, 0.15) is 0 Å². The molecule has 5 nitrogen and oxygen atoms in total. The topological polar surface area (TPSA) is 78.4 Å². The molecule has 6 heteroatoms. The lowest BCUT2D eigenvalue weighted by Crippen LogP contribution is -2.46. The number of nitrogens with one attached hydrogen (secondary N) is 2. The van der Waals surface area contributed by atoms with Crippen molar-refractivity contribution in [3.05, 3.63) is 29.3 Å². The van der Waals surface area contributed by atoms with Gasteiger partial charge in [0.05, 0.1) is 5.56 Å². The molecule has 114 valence electrons. The summed E-state index contributed by atoms with van der Waals surface area (Å²) in [6.45, 7) is 2.37. The first-order valence-corrected chi connectivity index (χ1v) is 8.12. The van der Waals surface area contributed by atoms with Gasteiger partial charge in [0.2, 0.25) is 0 Å². The number of carbonyl (C=O) groups excluding carboxylic acids is 1. The van der Waals surface area contributed by atoms with Crippen molar-refractivity contribution in [2.45, 2.75) is 30.9 Å². The number of anilines is 1. The van der Waals surface area contributed by atoms with Crippen LogP contribution >= 0.6 is 11.8 Å². The standard InChI is InChI=1S/C15H20N2O3S/c1-10-8-11(4-5-12(10)13(18)19)17-14(20)16-9-15(21-2)6-3-7-15/h4-5,8H,3,6-7,9H2,1-2H3,(H,18,19)(H2,16,17,20). The number of hydrogen-bond donors (Lipinski definition) is 3. The van der Waals surface area contributed by atoms with Crippen LogP contribution < -0.4 is 10.6 Å². The monoisotopic (exact) mass is 308 g/mol. The quantitative estimate of drug-likeness (QED) is 0.781. The second-order valence-corrected chi connectivity index (χ2v) is 6.66. The Hall–Kier alpha value is -1.69. The van der Waals surface area contributed by atoms with Crippen LogP contribution in [0.3, 0.4) is 0 Å². The zero-order valence-electron chi connectivity index (χ0n) is 12.2. The zero-order valence-corrected chi connectivity index (χ0v) is 13.0. The van der Waals surface area contributed by atoms with Crippen molar-refractivity contribution < 1.29 is 14.7 Å². The molecule has 2 rings (SSSR count). The van der Waals surface area contributed by atoms with Crippen molar-refractivity contribution in [1.29, 1.82) is 0 Å². The third-order valence-corrected chi connectivity index (χ3v) is 5.40. The molecule has 0 aliphatic heterocycles. The van der Waals surface area contributed by atoms with Gasteiger partial charge >= 0.3 is 12.0 Å². The molecule has 1 aromatic rings. The van der Waals surface area contributed by atoms with Crippen LogP contribution in [-0.4, -0.2) is 34.7 Å². The van der Waals surface area contributed by atoms with Crippen molar-refractivity contribution in [3.8, 4) is 0 Å². The Morgan fingerprint density at radius 2 is 2.10 bits per heavy atom. The number of hydrogen-bond acceptors (Lipinski definition) is 3. The Morgan fingerprint density at radius 3 is 2.57 bits per heavy atom. The van der Waals surface area contributed by atoms with E-state index in [2.05, 4.69) is 16.9 Å². The lowest BCUT2D eigenvalue weighted by atomic mass is 9.84. The summed E-state index contributed by atoms with van der Waals surface area (Å²) in [7, 11) is 0. The first-order chi connectivity index (χ1) is 9.96. The summed E-state index contributed by atoms with van der Waals surface area (Å²) in [5, 5.41) is 14.6. The van der Waals surface area contributed by atoms with E-state index in [1.165, 1.54) is 12.5 Å². The minimum atomic E-state index is -0.963. The van der Waals surface area contributed by atoms with Crippen LogP contribution in [0.2, 0.25) is 0 Å². The van der Waals surface area contributed by atoms with E-state index in [1.807, 2.05) is 11.8 Å². The van der Waals surface area contributed by atoms with Crippen molar-refractivity contribution in [2.75, 3.05) is 18.1 Å². The van der Waals surface area contributed by atoms with Crippen LogP contribution in [0.5, 0.6) is 0 Å². The molecular weight excluding hydrogens is 288 g/mol. The van der Waals surface area contributed by atoms with Gasteiger partial charge in [-0.05, 0) is 49.8 Å². The number of benzene rings is 1. The number of carbonyl (C=O) groups is 2. The number of amides is 2. The molecule has 0 aromatic heterocycles. The third kappa shape index (κ3) is 3.69. The number of aromatic carboxylic acids is 1. The van der Waals surface area contributed by atoms with E-state index < -0.39 is 5.97 Å². The van der Waals surface area contributed by atoms with Crippen molar-refractivity contribution in [1.82, 2.24) is 5.32 Å². The van der Waals surface area contributed by atoms with E-state index in [9.17, 15) is 9.59 Å². The molecule has 21 heavy (non-hydrogen) atoms. The largest absolute Gasteiger partial charge is 0.478 e. The molecule has 1 aromatic carbocycles. The average Bonchev–Trinajstić information content (AvgIpc) is 2.37. The Bertz CT molecular complexity index is 550. The van der Waals surface area contributed by atoms with Crippen LogP contribution in [0, 0.1) is 6.92 Å². The summed E-state index contributed by atoms with van der Waals surface area (Å²) in [5.74, 6) is -0.963. The summed E-state index contributed by atoms with van der Waals surface area (Å²) >= 11 is 1.81. The number of urea groups is 1. The molecule has 1 saturated carbocycles. The number of carboxylic acid groups (broad SMARTS) is 1. The predicted molar refractivity (Wildman–Crippen MR) is 85.3 cm³/mol. The summed E-state index contributed by atoms with van der Waals surface area (Å²) < 4.78 is 0.195. The minimum absolute atomic E-state index is 0.195. The maximum atomic E-state index is 11.9. The number of rotatable bonds is 5. The normalized spacial score (nSPS) is 15.9. The second kappa shape index (κ2) is 6.39. The maximum absolute atomic E-state index is 11.9. The number of aryl methyl sites for hydroxylation is 1. The Kier molecular flexibility index (Phi) is 4.77. The van der Waals surface area contributed by atoms with E-state index in [-0.39, 0.29) is 16.3 Å². The fourth-order valence-corrected chi connectivity index (χ4v) is 3.34. The zero-order chi connectivity index (χ0) is 15.5. The van der Waals surface area contributed by atoms with Gasteiger partial charge in [-0.1, -0.05) is 6.42 Å². The summed E-state index contributed by atoms with van der Waals surface area (Å²) in [6, 6.07) is 4.51. The Morgan fingerprint density at radius 1 is 1.38 bits per heavy atom.